The summed E-state index contributed by atoms with van der Waals surface area (Å²) >= 11 is 0. The van der Waals surface area contributed by atoms with Crippen molar-refractivity contribution in [3.8, 4) is 0 Å². The summed E-state index contributed by atoms with van der Waals surface area (Å²) in [5, 5.41) is 22.4. The molecule has 1 heterocycles. The van der Waals surface area contributed by atoms with Gasteiger partial charge in [0.25, 0.3) is 11.4 Å². The monoisotopic (exact) mass is 545 g/mol. The average Bonchev–Trinajstić information content (AvgIpc) is 2.99. The number of anilines is 1. The van der Waals surface area contributed by atoms with Gasteiger partial charge in [-0.3, -0.25) is 20.2 Å². The normalized spacial score (nSPS) is 17.0. The standard InChI is InChI=1S/C28H23N3O9/c1-38-27(32)24-25(28(33)39-2)29(20-13-15-22(16-14-20)31(36)37)23(17-8-18-6-4-3-5-7-18)40-26(24)19-9-11-21(12-10-19)30(34)35/h3-17,23,26H,1-2H3/b17-8+/t23-,26+/m1/s1. The van der Waals surface area contributed by atoms with Crippen molar-refractivity contribution >= 4 is 35.1 Å². The van der Waals surface area contributed by atoms with Crippen LogP contribution >= 0.6 is 0 Å². The minimum Gasteiger partial charge on any atom is -0.466 e. The molecular formula is C28H23N3O9. The molecule has 0 N–H and O–H groups in total. The molecule has 40 heavy (non-hydrogen) atoms. The van der Waals surface area contributed by atoms with Gasteiger partial charge in [0, 0.05) is 30.0 Å². The number of nitrogens with zero attached hydrogens (tertiary/aromatic N) is 3. The predicted molar refractivity (Wildman–Crippen MR) is 143 cm³/mol. The molecule has 0 spiro atoms. The van der Waals surface area contributed by atoms with E-state index in [0.29, 0.717) is 5.56 Å². The first kappa shape index (κ1) is 27.7. The second-order valence-corrected chi connectivity index (χ2v) is 8.41. The van der Waals surface area contributed by atoms with Crippen molar-refractivity contribution in [2.75, 3.05) is 19.1 Å². The van der Waals surface area contributed by atoms with Gasteiger partial charge in [-0.2, -0.15) is 0 Å². The van der Waals surface area contributed by atoms with E-state index in [0.717, 1.165) is 19.8 Å². The van der Waals surface area contributed by atoms with Crippen molar-refractivity contribution in [3.63, 3.8) is 0 Å². The number of esters is 2. The van der Waals surface area contributed by atoms with Crippen LogP contribution in [0.2, 0.25) is 0 Å². The van der Waals surface area contributed by atoms with Crippen molar-refractivity contribution in [2.24, 2.45) is 0 Å². The molecular weight excluding hydrogens is 522 g/mol. The van der Waals surface area contributed by atoms with Gasteiger partial charge in [-0.1, -0.05) is 36.4 Å². The number of benzene rings is 3. The average molecular weight is 546 g/mol. The first-order valence-electron chi connectivity index (χ1n) is 11.8. The molecule has 2 atom stereocenters. The SMILES string of the molecule is COC(=O)C1=C(C(=O)OC)N(c2ccc([N+](=O)[O-])cc2)[C@@H](/C=C/c2ccccc2)O[C@H]1c1ccc([N+](=O)[O-])cc1. The molecule has 0 saturated carbocycles. The quantitative estimate of drug-likeness (QED) is 0.221. The maximum atomic E-state index is 13.3. The van der Waals surface area contributed by atoms with Gasteiger partial charge >= 0.3 is 11.9 Å². The molecule has 12 nitrogen and oxygen atoms in total. The Morgan fingerprint density at radius 3 is 1.90 bits per heavy atom. The summed E-state index contributed by atoms with van der Waals surface area (Å²) in [6.07, 6.45) is 1.16. The zero-order chi connectivity index (χ0) is 28.8. The number of hydrogen-bond donors (Lipinski definition) is 0. The summed E-state index contributed by atoms with van der Waals surface area (Å²) in [4.78, 5) is 49.1. The Bertz CT molecular complexity index is 1480. The summed E-state index contributed by atoms with van der Waals surface area (Å²) in [5.41, 5.74) is 0.643. The number of nitro groups is 2. The fourth-order valence-electron chi connectivity index (χ4n) is 4.18. The van der Waals surface area contributed by atoms with Crippen LogP contribution in [-0.2, 0) is 23.8 Å². The Kier molecular flexibility index (Phi) is 8.30. The van der Waals surface area contributed by atoms with Gasteiger partial charge in [-0.05, 0) is 41.5 Å². The van der Waals surface area contributed by atoms with Crippen LogP contribution in [0.5, 0.6) is 0 Å². The summed E-state index contributed by atoms with van der Waals surface area (Å²) in [5.74, 6) is -1.80. The lowest BCUT2D eigenvalue weighted by Gasteiger charge is -2.40. The second-order valence-electron chi connectivity index (χ2n) is 8.41. The Morgan fingerprint density at radius 2 is 1.38 bits per heavy atom. The van der Waals surface area contributed by atoms with Gasteiger partial charge in [0.15, 0.2) is 6.23 Å². The van der Waals surface area contributed by atoms with E-state index in [1.165, 1.54) is 53.4 Å². The fourth-order valence-corrected chi connectivity index (χ4v) is 4.18. The highest BCUT2D eigenvalue weighted by molar-refractivity contribution is 6.04. The van der Waals surface area contributed by atoms with E-state index in [-0.39, 0.29) is 28.3 Å². The van der Waals surface area contributed by atoms with Crippen LogP contribution in [-0.4, -0.2) is 42.2 Å². The molecule has 12 heteroatoms. The number of methoxy groups -OCH3 is 2. The Hall–Kier alpha value is -5.36. The second kappa shape index (κ2) is 12.0. The first-order valence-corrected chi connectivity index (χ1v) is 11.8. The van der Waals surface area contributed by atoms with Crippen LogP contribution in [0.3, 0.4) is 0 Å². The first-order chi connectivity index (χ1) is 19.2. The van der Waals surface area contributed by atoms with Gasteiger partial charge in [-0.25, -0.2) is 9.59 Å². The summed E-state index contributed by atoms with van der Waals surface area (Å²) in [6.45, 7) is 0. The van der Waals surface area contributed by atoms with Crippen molar-refractivity contribution in [3.05, 3.63) is 128 Å². The van der Waals surface area contributed by atoms with Crippen molar-refractivity contribution in [1.29, 1.82) is 0 Å². The molecule has 0 amide bonds. The lowest BCUT2D eigenvalue weighted by Crippen LogP contribution is -2.46. The van der Waals surface area contributed by atoms with Crippen LogP contribution in [0.15, 0.2) is 96.2 Å². The molecule has 0 aromatic heterocycles. The van der Waals surface area contributed by atoms with Gasteiger partial charge in [0.05, 0.1) is 24.1 Å². The smallest absolute Gasteiger partial charge is 0.355 e. The third-order valence-corrected chi connectivity index (χ3v) is 6.07. The van der Waals surface area contributed by atoms with Crippen LogP contribution < -0.4 is 4.90 Å². The topological polar surface area (TPSA) is 151 Å². The Balaban J connectivity index is 1.96. The molecule has 0 unspecified atom stereocenters. The number of hydrogen-bond acceptors (Lipinski definition) is 10. The molecule has 0 radical (unpaired) electrons. The van der Waals surface area contributed by atoms with E-state index in [1.54, 1.807) is 12.2 Å². The fraction of sp³-hybridized carbons (Fsp3) is 0.143. The minimum absolute atomic E-state index is 0.177. The molecule has 3 aromatic rings. The number of rotatable bonds is 8. The Morgan fingerprint density at radius 1 is 0.825 bits per heavy atom. The van der Waals surface area contributed by atoms with E-state index < -0.39 is 34.1 Å². The van der Waals surface area contributed by atoms with E-state index in [2.05, 4.69) is 0 Å². The third kappa shape index (κ3) is 5.71. The highest BCUT2D eigenvalue weighted by Gasteiger charge is 2.43. The van der Waals surface area contributed by atoms with Gasteiger partial charge in [0.1, 0.15) is 17.4 Å². The van der Waals surface area contributed by atoms with E-state index in [1.807, 2.05) is 30.3 Å². The lowest BCUT2D eigenvalue weighted by molar-refractivity contribution is -0.385. The summed E-state index contributed by atoms with van der Waals surface area (Å²) in [6, 6.07) is 19.9. The molecule has 0 aliphatic carbocycles. The zero-order valence-electron chi connectivity index (χ0n) is 21.3. The number of ether oxygens (including phenoxy) is 3. The van der Waals surface area contributed by atoms with Crippen molar-refractivity contribution < 1.29 is 33.6 Å². The van der Waals surface area contributed by atoms with Crippen LogP contribution in [0.4, 0.5) is 17.1 Å². The number of nitro benzene ring substituents is 2. The maximum Gasteiger partial charge on any atom is 0.355 e. The van der Waals surface area contributed by atoms with Crippen LogP contribution in [0.25, 0.3) is 6.08 Å². The molecule has 3 aromatic carbocycles. The van der Waals surface area contributed by atoms with Crippen LogP contribution in [0.1, 0.15) is 17.2 Å². The number of carbonyl (C=O) groups excluding carboxylic acids is 2. The van der Waals surface area contributed by atoms with Gasteiger partial charge in [-0.15, -0.1) is 0 Å². The molecule has 1 aliphatic heterocycles. The van der Waals surface area contributed by atoms with E-state index >= 15 is 0 Å². The van der Waals surface area contributed by atoms with E-state index in [4.69, 9.17) is 14.2 Å². The maximum absolute atomic E-state index is 13.3. The predicted octanol–water partition coefficient (Wildman–Crippen LogP) is 4.72. The largest absolute Gasteiger partial charge is 0.466 e. The highest BCUT2D eigenvalue weighted by atomic mass is 16.6. The molecule has 204 valence electrons. The molecule has 0 fully saturated rings. The van der Waals surface area contributed by atoms with E-state index in [9.17, 15) is 29.8 Å². The molecule has 0 saturated heterocycles. The number of non-ortho nitro benzene ring substituents is 2. The molecule has 1 aliphatic rings. The van der Waals surface area contributed by atoms with Gasteiger partial charge < -0.3 is 19.1 Å². The molecule has 0 bridgehead atoms. The van der Waals surface area contributed by atoms with Crippen molar-refractivity contribution in [1.82, 2.24) is 0 Å². The zero-order valence-corrected chi connectivity index (χ0v) is 21.3. The highest BCUT2D eigenvalue weighted by Crippen LogP contribution is 2.41. The van der Waals surface area contributed by atoms with Crippen molar-refractivity contribution in [2.45, 2.75) is 12.3 Å². The Labute approximate surface area is 228 Å². The minimum atomic E-state index is -1.19. The summed E-state index contributed by atoms with van der Waals surface area (Å²) in [7, 11) is 2.28. The van der Waals surface area contributed by atoms with Crippen LogP contribution in [0, 0.1) is 20.2 Å². The van der Waals surface area contributed by atoms with Gasteiger partial charge in [0.2, 0.25) is 0 Å². The lowest BCUT2D eigenvalue weighted by atomic mass is 9.95. The molecule has 4 rings (SSSR count). The summed E-state index contributed by atoms with van der Waals surface area (Å²) < 4.78 is 16.4. The number of carbonyl (C=O) groups is 2. The third-order valence-electron chi connectivity index (χ3n) is 6.07.